The third kappa shape index (κ3) is 4.79. The van der Waals surface area contributed by atoms with Gasteiger partial charge in [0.1, 0.15) is 12.0 Å². The van der Waals surface area contributed by atoms with Crippen molar-refractivity contribution < 1.29 is 8.42 Å². The number of hydrogen-bond donors (Lipinski definition) is 2. The maximum atomic E-state index is 12.6. The first-order chi connectivity index (χ1) is 14.0. The van der Waals surface area contributed by atoms with Gasteiger partial charge in [0.05, 0.1) is 4.90 Å². The van der Waals surface area contributed by atoms with E-state index in [9.17, 15) is 8.42 Å². The van der Waals surface area contributed by atoms with Crippen molar-refractivity contribution in [2.75, 3.05) is 42.1 Å². The van der Waals surface area contributed by atoms with Crippen LogP contribution in [0.4, 0.5) is 23.0 Å². The molecule has 3 rings (SSSR count). The van der Waals surface area contributed by atoms with Crippen LogP contribution in [0.15, 0.2) is 35.5 Å². The van der Waals surface area contributed by atoms with Gasteiger partial charge in [-0.15, -0.1) is 0 Å². The Balaban J connectivity index is 1.79. The van der Waals surface area contributed by atoms with Gasteiger partial charge in [-0.25, -0.2) is 18.4 Å². The van der Waals surface area contributed by atoms with Crippen molar-refractivity contribution >= 4 is 33.0 Å². The summed E-state index contributed by atoms with van der Waals surface area (Å²) in [6.45, 7) is 6.43. The largest absolute Gasteiger partial charge is 0.393 e. The van der Waals surface area contributed by atoms with Crippen LogP contribution in [-0.4, -0.2) is 48.9 Å². The smallest absolute Gasteiger partial charge is 0.243 e. The van der Waals surface area contributed by atoms with Gasteiger partial charge >= 0.3 is 0 Å². The second-order valence-corrected chi connectivity index (χ2v) is 9.04. The molecule has 0 aliphatic carbocycles. The Morgan fingerprint density at radius 3 is 2.24 bits per heavy atom. The Morgan fingerprint density at radius 1 is 1.03 bits per heavy atom. The molecule has 1 aliphatic heterocycles. The number of nitrogens with zero attached hydrogens (tertiary/aromatic N) is 4. The second-order valence-electron chi connectivity index (χ2n) is 7.10. The number of rotatable bonds is 7. The van der Waals surface area contributed by atoms with Crippen LogP contribution in [-0.2, 0) is 10.0 Å². The fourth-order valence-electron chi connectivity index (χ4n) is 3.58. The number of nitrogens with one attached hydrogen (secondary N) is 1. The molecule has 2 heterocycles. The van der Waals surface area contributed by atoms with Crippen molar-refractivity contribution in [1.29, 1.82) is 0 Å². The van der Waals surface area contributed by atoms with Crippen LogP contribution in [0.5, 0.6) is 0 Å². The molecule has 1 aromatic carbocycles. The number of nitrogens with two attached hydrogens (primary N) is 1. The number of nitrogen functional groups attached to an aromatic ring is 1. The minimum atomic E-state index is -3.48. The van der Waals surface area contributed by atoms with Crippen molar-refractivity contribution in [3.63, 3.8) is 0 Å². The first kappa shape index (κ1) is 21.3. The SMILES string of the molecule is CCN(CC)S(=O)(=O)c1ccc(Nc2ncnc(N3CCCCCC3)c2N)cc1. The molecule has 0 unspecified atom stereocenters. The summed E-state index contributed by atoms with van der Waals surface area (Å²) in [5.74, 6) is 1.28. The molecule has 2 aromatic rings. The average Bonchev–Trinajstić information content (AvgIpc) is 3.00. The molecular formula is C20H30N6O2S. The van der Waals surface area contributed by atoms with E-state index < -0.39 is 10.0 Å². The van der Waals surface area contributed by atoms with Crippen molar-refractivity contribution in [2.45, 2.75) is 44.4 Å². The molecule has 0 radical (unpaired) electrons. The highest BCUT2D eigenvalue weighted by molar-refractivity contribution is 7.89. The normalized spacial score (nSPS) is 15.3. The summed E-state index contributed by atoms with van der Waals surface area (Å²) in [6, 6.07) is 6.65. The topological polar surface area (TPSA) is 104 Å². The lowest BCUT2D eigenvalue weighted by Gasteiger charge is -2.23. The summed E-state index contributed by atoms with van der Waals surface area (Å²) in [6.07, 6.45) is 6.24. The Bertz CT molecular complexity index is 905. The molecule has 0 amide bonds. The van der Waals surface area contributed by atoms with E-state index in [0.29, 0.717) is 24.6 Å². The molecule has 1 saturated heterocycles. The van der Waals surface area contributed by atoms with Gasteiger partial charge in [-0.3, -0.25) is 0 Å². The van der Waals surface area contributed by atoms with Gasteiger partial charge in [0.25, 0.3) is 0 Å². The predicted molar refractivity (Wildman–Crippen MR) is 117 cm³/mol. The maximum Gasteiger partial charge on any atom is 0.243 e. The standard InChI is InChI=1S/C20H30N6O2S/c1-3-26(4-2)29(27,28)17-11-9-16(10-12-17)24-19-18(21)20(23-15-22-19)25-13-7-5-6-8-14-25/h9-12,15H,3-8,13-14,21H2,1-2H3,(H,22,23,24). The fraction of sp³-hybridized carbons (Fsp3) is 0.500. The number of sulfonamides is 1. The molecule has 1 aromatic heterocycles. The van der Waals surface area contributed by atoms with E-state index in [-0.39, 0.29) is 4.90 Å². The van der Waals surface area contributed by atoms with Crippen molar-refractivity contribution in [3.05, 3.63) is 30.6 Å². The summed E-state index contributed by atoms with van der Waals surface area (Å²) in [5.41, 5.74) is 7.58. The highest BCUT2D eigenvalue weighted by Gasteiger charge is 2.21. The van der Waals surface area contributed by atoms with E-state index in [1.54, 1.807) is 24.3 Å². The summed E-state index contributed by atoms with van der Waals surface area (Å²) < 4.78 is 26.7. The Labute approximate surface area is 173 Å². The zero-order valence-corrected chi connectivity index (χ0v) is 18.0. The van der Waals surface area contributed by atoms with Crippen LogP contribution in [0.2, 0.25) is 0 Å². The maximum absolute atomic E-state index is 12.6. The van der Waals surface area contributed by atoms with Crippen LogP contribution in [0.25, 0.3) is 0 Å². The van der Waals surface area contributed by atoms with Crippen LogP contribution >= 0.6 is 0 Å². The van der Waals surface area contributed by atoms with E-state index >= 15 is 0 Å². The molecule has 9 heteroatoms. The fourth-order valence-corrected chi connectivity index (χ4v) is 5.04. The van der Waals surface area contributed by atoms with Gasteiger partial charge in [0.15, 0.2) is 11.6 Å². The van der Waals surface area contributed by atoms with E-state index in [1.807, 2.05) is 13.8 Å². The van der Waals surface area contributed by atoms with Gasteiger partial charge in [0, 0.05) is 31.9 Å². The van der Waals surface area contributed by atoms with Crippen molar-refractivity contribution in [3.8, 4) is 0 Å². The first-order valence-corrected chi connectivity index (χ1v) is 11.6. The lowest BCUT2D eigenvalue weighted by molar-refractivity contribution is 0.445. The summed E-state index contributed by atoms with van der Waals surface area (Å²) in [7, 11) is -3.48. The zero-order valence-electron chi connectivity index (χ0n) is 17.1. The first-order valence-electron chi connectivity index (χ1n) is 10.2. The van der Waals surface area contributed by atoms with E-state index in [2.05, 4.69) is 20.2 Å². The van der Waals surface area contributed by atoms with Crippen LogP contribution in [0.3, 0.4) is 0 Å². The number of aromatic nitrogens is 2. The highest BCUT2D eigenvalue weighted by atomic mass is 32.2. The lowest BCUT2D eigenvalue weighted by Crippen LogP contribution is -2.30. The predicted octanol–water partition coefficient (Wildman–Crippen LogP) is 3.21. The number of anilines is 4. The molecule has 1 aliphatic rings. The van der Waals surface area contributed by atoms with E-state index in [1.165, 1.54) is 23.5 Å². The molecule has 3 N–H and O–H groups in total. The minimum absolute atomic E-state index is 0.271. The number of hydrogen-bond acceptors (Lipinski definition) is 7. The van der Waals surface area contributed by atoms with Gasteiger partial charge in [0.2, 0.25) is 10.0 Å². The molecule has 1 fully saturated rings. The van der Waals surface area contributed by atoms with E-state index in [0.717, 1.165) is 37.4 Å². The van der Waals surface area contributed by atoms with Crippen molar-refractivity contribution in [2.24, 2.45) is 0 Å². The highest BCUT2D eigenvalue weighted by Crippen LogP contribution is 2.30. The van der Waals surface area contributed by atoms with Crippen LogP contribution < -0.4 is 16.0 Å². The molecule has 0 bridgehead atoms. The molecule has 0 atom stereocenters. The van der Waals surface area contributed by atoms with E-state index in [4.69, 9.17) is 5.73 Å². The second kappa shape index (κ2) is 9.41. The summed E-state index contributed by atoms with van der Waals surface area (Å²) in [5, 5.41) is 3.19. The minimum Gasteiger partial charge on any atom is -0.393 e. The summed E-state index contributed by atoms with van der Waals surface area (Å²) >= 11 is 0. The van der Waals surface area contributed by atoms with Gasteiger partial charge < -0.3 is 16.0 Å². The van der Waals surface area contributed by atoms with Crippen molar-refractivity contribution in [1.82, 2.24) is 14.3 Å². The van der Waals surface area contributed by atoms with Crippen LogP contribution in [0, 0.1) is 0 Å². The monoisotopic (exact) mass is 418 g/mol. The third-order valence-electron chi connectivity index (χ3n) is 5.23. The Hall–Kier alpha value is -2.39. The Kier molecular flexibility index (Phi) is 6.92. The Morgan fingerprint density at radius 2 is 1.66 bits per heavy atom. The molecule has 29 heavy (non-hydrogen) atoms. The lowest BCUT2D eigenvalue weighted by atomic mass is 10.2. The van der Waals surface area contributed by atoms with Gasteiger partial charge in [-0.1, -0.05) is 26.7 Å². The third-order valence-corrected chi connectivity index (χ3v) is 7.29. The zero-order chi connectivity index (χ0) is 20.9. The summed E-state index contributed by atoms with van der Waals surface area (Å²) in [4.78, 5) is 11.2. The molecular weight excluding hydrogens is 388 g/mol. The molecule has 0 saturated carbocycles. The average molecular weight is 419 g/mol. The van der Waals surface area contributed by atoms with Gasteiger partial charge in [-0.05, 0) is 37.1 Å². The van der Waals surface area contributed by atoms with Crippen LogP contribution in [0.1, 0.15) is 39.5 Å². The molecule has 158 valence electrons. The molecule has 0 spiro atoms. The quantitative estimate of drug-likeness (QED) is 0.711. The van der Waals surface area contributed by atoms with Gasteiger partial charge in [-0.2, -0.15) is 4.31 Å². The number of benzene rings is 1. The molecule has 8 nitrogen and oxygen atoms in total.